The molecule has 0 radical (unpaired) electrons. The predicted molar refractivity (Wildman–Crippen MR) is 72.1 cm³/mol. The van der Waals surface area contributed by atoms with Gasteiger partial charge in [-0.25, -0.2) is 9.83 Å². The molecule has 3 heteroatoms. The molecule has 1 aliphatic rings. The first-order valence-electron chi connectivity index (χ1n) is 5.93. The van der Waals surface area contributed by atoms with Crippen LogP contribution in [0.3, 0.4) is 0 Å². The minimum absolute atomic E-state index is 0.262. The summed E-state index contributed by atoms with van der Waals surface area (Å²) in [7, 11) is 0. The lowest BCUT2D eigenvalue weighted by molar-refractivity contribution is 0.0391. The molecule has 3 rings (SSSR count). The average molecular weight is 238 g/mol. The molecule has 0 fully saturated rings. The van der Waals surface area contributed by atoms with Crippen LogP contribution in [-0.4, -0.2) is 6.34 Å². The molecule has 0 aromatic heterocycles. The van der Waals surface area contributed by atoms with Gasteiger partial charge in [0.1, 0.15) is 6.34 Å². The van der Waals surface area contributed by atoms with E-state index in [4.69, 9.17) is 4.84 Å². The van der Waals surface area contributed by atoms with Gasteiger partial charge in [0.2, 0.25) is 6.23 Å². The largest absolute Gasteiger partial charge is 0.253 e. The molecule has 0 aliphatic carbocycles. The summed E-state index contributed by atoms with van der Waals surface area (Å²) < 4.78 is 0. The summed E-state index contributed by atoms with van der Waals surface area (Å²) in [6.07, 6.45) is 1.32. The van der Waals surface area contributed by atoms with E-state index < -0.39 is 0 Å². The van der Waals surface area contributed by atoms with Gasteiger partial charge in [0.15, 0.2) is 0 Å². The third kappa shape index (κ3) is 2.00. The number of nitrogens with zero attached hydrogens (tertiary/aromatic N) is 1. The number of aliphatic imine (C=N–C) groups is 1. The standard InChI is InChI=1S/C15H14N2O/c1-11-6-8-12(9-7-11)13-4-2-3-5-14(13)15-16-10-17-18-15/h2-10,15H,1H3,(H,16,17). The van der Waals surface area contributed by atoms with E-state index in [1.807, 2.05) is 18.2 Å². The van der Waals surface area contributed by atoms with Crippen molar-refractivity contribution in [1.29, 1.82) is 0 Å². The molecular formula is C15H14N2O. The van der Waals surface area contributed by atoms with Crippen LogP contribution in [0, 0.1) is 6.92 Å². The Labute approximate surface area is 106 Å². The Balaban J connectivity index is 2.06. The van der Waals surface area contributed by atoms with Crippen LogP contribution in [0.25, 0.3) is 11.1 Å². The Hall–Kier alpha value is -2.13. The summed E-state index contributed by atoms with van der Waals surface area (Å²) in [5, 5.41) is 0. The van der Waals surface area contributed by atoms with Crippen LogP contribution in [0.1, 0.15) is 17.4 Å². The van der Waals surface area contributed by atoms with E-state index in [0.29, 0.717) is 0 Å². The number of hydroxylamine groups is 1. The molecule has 0 bridgehead atoms. The van der Waals surface area contributed by atoms with E-state index in [0.717, 1.165) is 11.1 Å². The lowest BCUT2D eigenvalue weighted by Gasteiger charge is -2.13. The molecule has 2 aromatic rings. The zero-order valence-corrected chi connectivity index (χ0v) is 10.1. The number of hydrogen-bond donors (Lipinski definition) is 1. The van der Waals surface area contributed by atoms with Gasteiger partial charge in [-0.2, -0.15) is 0 Å². The highest BCUT2D eigenvalue weighted by Gasteiger charge is 2.17. The van der Waals surface area contributed by atoms with Gasteiger partial charge in [-0.05, 0) is 18.1 Å². The van der Waals surface area contributed by atoms with Crippen molar-refractivity contribution >= 4 is 6.34 Å². The molecule has 0 saturated heterocycles. The average Bonchev–Trinajstić information content (AvgIpc) is 2.93. The summed E-state index contributed by atoms with van der Waals surface area (Å²) in [5.74, 6) is 0. The molecule has 2 aromatic carbocycles. The lowest BCUT2D eigenvalue weighted by Crippen LogP contribution is -2.06. The number of rotatable bonds is 2. The van der Waals surface area contributed by atoms with E-state index in [-0.39, 0.29) is 6.23 Å². The first kappa shape index (κ1) is 11.0. The van der Waals surface area contributed by atoms with E-state index in [9.17, 15) is 0 Å². The lowest BCUT2D eigenvalue weighted by atomic mass is 9.98. The van der Waals surface area contributed by atoms with Gasteiger partial charge in [0.05, 0.1) is 0 Å². The summed E-state index contributed by atoms with van der Waals surface area (Å²) in [4.78, 5) is 9.60. The molecule has 1 aliphatic heterocycles. The van der Waals surface area contributed by atoms with Crippen molar-refractivity contribution < 1.29 is 4.84 Å². The summed E-state index contributed by atoms with van der Waals surface area (Å²) in [6, 6.07) is 16.7. The maximum atomic E-state index is 5.35. The fourth-order valence-electron chi connectivity index (χ4n) is 2.08. The second kappa shape index (κ2) is 4.63. The van der Waals surface area contributed by atoms with Gasteiger partial charge in [0, 0.05) is 5.56 Å². The van der Waals surface area contributed by atoms with E-state index in [2.05, 4.69) is 47.7 Å². The molecule has 3 nitrogen and oxygen atoms in total. The van der Waals surface area contributed by atoms with Crippen molar-refractivity contribution in [1.82, 2.24) is 5.48 Å². The minimum Gasteiger partial charge on any atom is -0.253 e. The van der Waals surface area contributed by atoms with E-state index >= 15 is 0 Å². The zero-order valence-electron chi connectivity index (χ0n) is 10.1. The Morgan fingerprint density at radius 1 is 1.06 bits per heavy atom. The van der Waals surface area contributed by atoms with Crippen LogP contribution in [0.2, 0.25) is 0 Å². The molecule has 0 spiro atoms. The molecule has 1 atom stereocenters. The second-order valence-electron chi connectivity index (χ2n) is 4.32. The third-order valence-corrected chi connectivity index (χ3v) is 3.03. The van der Waals surface area contributed by atoms with Gasteiger partial charge < -0.3 is 0 Å². The van der Waals surface area contributed by atoms with E-state index in [1.54, 1.807) is 6.34 Å². The molecule has 18 heavy (non-hydrogen) atoms. The van der Waals surface area contributed by atoms with Crippen molar-refractivity contribution in [3.8, 4) is 11.1 Å². The Morgan fingerprint density at radius 3 is 2.56 bits per heavy atom. The van der Waals surface area contributed by atoms with Gasteiger partial charge in [-0.1, -0.05) is 54.1 Å². The Kier molecular flexibility index (Phi) is 2.82. The topological polar surface area (TPSA) is 33.6 Å². The molecule has 0 saturated carbocycles. The predicted octanol–water partition coefficient (Wildman–Crippen LogP) is 3.22. The molecule has 90 valence electrons. The van der Waals surface area contributed by atoms with Crippen LogP contribution >= 0.6 is 0 Å². The van der Waals surface area contributed by atoms with Crippen LogP contribution in [0.4, 0.5) is 0 Å². The molecule has 0 amide bonds. The quantitative estimate of drug-likeness (QED) is 0.871. The Bertz CT molecular complexity index is 575. The van der Waals surface area contributed by atoms with Crippen LogP contribution in [0.5, 0.6) is 0 Å². The third-order valence-electron chi connectivity index (χ3n) is 3.03. The van der Waals surface area contributed by atoms with Crippen molar-refractivity contribution in [3.05, 3.63) is 59.7 Å². The number of hydrogen-bond acceptors (Lipinski definition) is 3. The van der Waals surface area contributed by atoms with Gasteiger partial charge in [-0.15, -0.1) is 0 Å². The summed E-state index contributed by atoms with van der Waals surface area (Å²) in [5.41, 5.74) is 7.33. The number of aryl methyl sites for hydroxylation is 1. The summed E-state index contributed by atoms with van der Waals surface area (Å²) >= 11 is 0. The first-order chi connectivity index (χ1) is 8.84. The highest BCUT2D eigenvalue weighted by molar-refractivity contribution is 5.68. The normalized spacial score (nSPS) is 17.7. The van der Waals surface area contributed by atoms with Gasteiger partial charge in [0.25, 0.3) is 0 Å². The zero-order chi connectivity index (χ0) is 12.4. The van der Waals surface area contributed by atoms with Gasteiger partial charge >= 0.3 is 0 Å². The molecule has 1 N–H and O–H groups in total. The fraction of sp³-hybridized carbons (Fsp3) is 0.133. The molecular weight excluding hydrogens is 224 g/mol. The minimum atomic E-state index is -0.262. The van der Waals surface area contributed by atoms with Crippen LogP contribution in [-0.2, 0) is 4.84 Å². The second-order valence-corrected chi connectivity index (χ2v) is 4.32. The number of nitrogens with one attached hydrogen (secondary N) is 1. The smallest absolute Gasteiger partial charge is 0.202 e. The van der Waals surface area contributed by atoms with Crippen LogP contribution < -0.4 is 5.48 Å². The molecule has 1 unspecified atom stereocenters. The summed E-state index contributed by atoms with van der Waals surface area (Å²) in [6.45, 7) is 2.09. The Morgan fingerprint density at radius 2 is 1.83 bits per heavy atom. The maximum absolute atomic E-state index is 5.35. The van der Waals surface area contributed by atoms with Crippen molar-refractivity contribution in [2.24, 2.45) is 4.99 Å². The SMILES string of the molecule is Cc1ccc(-c2ccccc2C2N=CNO2)cc1. The maximum Gasteiger partial charge on any atom is 0.202 e. The highest BCUT2D eigenvalue weighted by Crippen LogP contribution is 2.31. The monoisotopic (exact) mass is 238 g/mol. The highest BCUT2D eigenvalue weighted by atomic mass is 16.7. The van der Waals surface area contributed by atoms with E-state index in [1.165, 1.54) is 11.1 Å². The fourth-order valence-corrected chi connectivity index (χ4v) is 2.08. The van der Waals surface area contributed by atoms with Gasteiger partial charge in [-0.3, -0.25) is 5.48 Å². The van der Waals surface area contributed by atoms with Crippen LogP contribution in [0.15, 0.2) is 53.5 Å². The number of benzene rings is 2. The molecule has 1 heterocycles. The van der Waals surface area contributed by atoms with Crippen molar-refractivity contribution in [3.63, 3.8) is 0 Å². The first-order valence-corrected chi connectivity index (χ1v) is 5.93. The van der Waals surface area contributed by atoms with Crippen molar-refractivity contribution in [2.45, 2.75) is 13.2 Å². The van der Waals surface area contributed by atoms with Crippen molar-refractivity contribution in [2.75, 3.05) is 0 Å².